The van der Waals surface area contributed by atoms with E-state index < -0.39 is 0 Å². The van der Waals surface area contributed by atoms with Gasteiger partial charge >= 0.3 is 0 Å². The predicted molar refractivity (Wildman–Crippen MR) is 80.4 cm³/mol. The van der Waals surface area contributed by atoms with Gasteiger partial charge < -0.3 is 15.5 Å². The molecule has 2 aromatic heterocycles. The van der Waals surface area contributed by atoms with E-state index in [2.05, 4.69) is 23.3 Å². The summed E-state index contributed by atoms with van der Waals surface area (Å²) in [5.41, 5.74) is 9.76. The van der Waals surface area contributed by atoms with Gasteiger partial charge in [-0.1, -0.05) is 25.1 Å². The van der Waals surface area contributed by atoms with E-state index in [1.54, 1.807) is 12.5 Å². The molecule has 2 heterocycles. The van der Waals surface area contributed by atoms with Crippen LogP contribution in [0.15, 0.2) is 53.4 Å². The number of hydrogen-bond donors (Lipinski definition) is 2. The van der Waals surface area contributed by atoms with Crippen molar-refractivity contribution in [1.82, 2.24) is 10.3 Å². The molecule has 0 aliphatic heterocycles. The van der Waals surface area contributed by atoms with E-state index in [1.807, 2.05) is 30.5 Å². The standard InChI is InChI=1S/C16H17N3O/c1-2-19-16(12-9-18-8-7-14(12)17)13-10-20-15-6-4-3-5-11(13)15/h3-10,16,19H,2H2,1H3,(H2,17,18). The molecule has 3 aromatic rings. The Morgan fingerprint density at radius 3 is 2.90 bits per heavy atom. The number of nitrogen functional groups attached to an aromatic ring is 1. The van der Waals surface area contributed by atoms with Crippen LogP contribution in [0.4, 0.5) is 5.69 Å². The number of para-hydroxylation sites is 1. The maximum Gasteiger partial charge on any atom is 0.134 e. The number of nitrogens with zero attached hydrogens (tertiary/aromatic N) is 1. The summed E-state index contributed by atoms with van der Waals surface area (Å²) in [5.74, 6) is 0. The fraction of sp³-hybridized carbons (Fsp3) is 0.188. The van der Waals surface area contributed by atoms with Crippen molar-refractivity contribution in [1.29, 1.82) is 0 Å². The molecule has 102 valence electrons. The Labute approximate surface area is 117 Å². The van der Waals surface area contributed by atoms with Crippen LogP contribution in [0.3, 0.4) is 0 Å². The Kier molecular flexibility index (Phi) is 3.39. The van der Waals surface area contributed by atoms with Crippen LogP contribution >= 0.6 is 0 Å². The number of rotatable bonds is 4. The number of pyridine rings is 1. The minimum absolute atomic E-state index is 0.0163. The average Bonchev–Trinajstić information content (AvgIpc) is 2.90. The topological polar surface area (TPSA) is 64.1 Å². The fourth-order valence-corrected chi connectivity index (χ4v) is 2.47. The Bertz CT molecular complexity index is 720. The quantitative estimate of drug-likeness (QED) is 0.762. The number of aromatic nitrogens is 1. The van der Waals surface area contributed by atoms with Crippen LogP contribution in [0, 0.1) is 0 Å². The number of nitrogens with one attached hydrogen (secondary N) is 1. The Balaban J connectivity index is 2.14. The van der Waals surface area contributed by atoms with Gasteiger partial charge in [-0.15, -0.1) is 0 Å². The number of nitrogens with two attached hydrogens (primary N) is 1. The molecule has 0 fully saturated rings. The molecule has 1 unspecified atom stereocenters. The third kappa shape index (κ3) is 2.14. The lowest BCUT2D eigenvalue weighted by molar-refractivity contribution is 0.584. The summed E-state index contributed by atoms with van der Waals surface area (Å²) in [5, 5.41) is 4.55. The summed E-state index contributed by atoms with van der Waals surface area (Å²) in [6.45, 7) is 2.90. The molecule has 0 amide bonds. The second-order valence-corrected chi connectivity index (χ2v) is 4.68. The molecule has 0 saturated carbocycles. The SMILES string of the molecule is CCNC(c1cnccc1N)c1coc2ccccc12. The summed E-state index contributed by atoms with van der Waals surface area (Å²) in [6.07, 6.45) is 5.31. The van der Waals surface area contributed by atoms with Crippen LogP contribution in [0.1, 0.15) is 24.1 Å². The number of benzene rings is 1. The lowest BCUT2D eigenvalue weighted by atomic mass is 9.98. The van der Waals surface area contributed by atoms with E-state index in [-0.39, 0.29) is 6.04 Å². The Morgan fingerprint density at radius 1 is 1.25 bits per heavy atom. The van der Waals surface area contributed by atoms with E-state index in [0.29, 0.717) is 0 Å². The zero-order chi connectivity index (χ0) is 13.9. The first-order valence-electron chi connectivity index (χ1n) is 6.70. The van der Waals surface area contributed by atoms with Crippen LogP contribution in [0.5, 0.6) is 0 Å². The summed E-state index contributed by atoms with van der Waals surface area (Å²) in [4.78, 5) is 4.19. The van der Waals surface area contributed by atoms with Crippen LogP contribution in [0.25, 0.3) is 11.0 Å². The van der Waals surface area contributed by atoms with Crippen LogP contribution < -0.4 is 11.1 Å². The maximum absolute atomic E-state index is 6.09. The highest BCUT2D eigenvalue weighted by molar-refractivity contribution is 5.82. The third-order valence-electron chi connectivity index (χ3n) is 3.43. The van der Waals surface area contributed by atoms with Crippen molar-refractivity contribution in [3.63, 3.8) is 0 Å². The zero-order valence-electron chi connectivity index (χ0n) is 11.3. The van der Waals surface area contributed by atoms with Gasteiger partial charge in [-0.25, -0.2) is 0 Å². The molecular formula is C16H17N3O. The van der Waals surface area contributed by atoms with Crippen LogP contribution in [-0.2, 0) is 0 Å². The summed E-state index contributed by atoms with van der Waals surface area (Å²) in [6, 6.07) is 9.81. The normalized spacial score (nSPS) is 12.7. The largest absolute Gasteiger partial charge is 0.464 e. The second-order valence-electron chi connectivity index (χ2n) is 4.68. The van der Waals surface area contributed by atoms with Gasteiger partial charge in [-0.2, -0.15) is 0 Å². The molecule has 1 atom stereocenters. The molecular weight excluding hydrogens is 250 g/mol. The van der Waals surface area contributed by atoms with Gasteiger partial charge in [0.15, 0.2) is 0 Å². The Hall–Kier alpha value is -2.33. The average molecular weight is 267 g/mol. The lowest BCUT2D eigenvalue weighted by Crippen LogP contribution is -2.22. The number of fused-ring (bicyclic) bond motifs is 1. The van der Waals surface area contributed by atoms with Gasteiger partial charge in [0.2, 0.25) is 0 Å². The smallest absolute Gasteiger partial charge is 0.134 e. The molecule has 0 spiro atoms. The molecule has 1 aromatic carbocycles. The molecule has 0 radical (unpaired) electrons. The first kappa shape index (κ1) is 12.7. The molecule has 3 rings (SSSR count). The van der Waals surface area contributed by atoms with Gasteiger partial charge in [0, 0.05) is 34.6 Å². The highest BCUT2D eigenvalue weighted by atomic mass is 16.3. The van der Waals surface area contributed by atoms with Crippen LogP contribution in [-0.4, -0.2) is 11.5 Å². The molecule has 0 bridgehead atoms. The van der Waals surface area contributed by atoms with Gasteiger partial charge in [0.25, 0.3) is 0 Å². The van der Waals surface area contributed by atoms with Crippen molar-refractivity contribution in [2.45, 2.75) is 13.0 Å². The molecule has 4 nitrogen and oxygen atoms in total. The van der Waals surface area contributed by atoms with E-state index in [0.717, 1.165) is 34.3 Å². The first-order chi connectivity index (χ1) is 9.81. The van der Waals surface area contributed by atoms with Crippen molar-refractivity contribution >= 4 is 16.7 Å². The van der Waals surface area contributed by atoms with Crippen molar-refractivity contribution < 1.29 is 4.42 Å². The fourth-order valence-electron chi connectivity index (χ4n) is 2.47. The van der Waals surface area contributed by atoms with Gasteiger partial charge in [-0.05, 0) is 18.7 Å². The lowest BCUT2D eigenvalue weighted by Gasteiger charge is -2.18. The molecule has 3 N–H and O–H groups in total. The highest BCUT2D eigenvalue weighted by Crippen LogP contribution is 2.32. The van der Waals surface area contributed by atoms with Gasteiger partial charge in [0.05, 0.1) is 12.3 Å². The second kappa shape index (κ2) is 5.35. The maximum atomic E-state index is 6.09. The van der Waals surface area contributed by atoms with Crippen molar-refractivity contribution in [3.8, 4) is 0 Å². The Morgan fingerprint density at radius 2 is 2.10 bits per heavy atom. The first-order valence-corrected chi connectivity index (χ1v) is 6.70. The van der Waals surface area contributed by atoms with Crippen molar-refractivity contribution in [3.05, 3.63) is 60.1 Å². The minimum atomic E-state index is -0.0163. The van der Waals surface area contributed by atoms with Crippen molar-refractivity contribution in [2.24, 2.45) is 0 Å². The molecule has 20 heavy (non-hydrogen) atoms. The molecule has 0 saturated heterocycles. The van der Waals surface area contributed by atoms with Crippen LogP contribution in [0.2, 0.25) is 0 Å². The monoisotopic (exact) mass is 267 g/mol. The van der Waals surface area contributed by atoms with E-state index in [1.165, 1.54) is 0 Å². The van der Waals surface area contributed by atoms with Gasteiger partial charge in [-0.3, -0.25) is 4.98 Å². The van der Waals surface area contributed by atoms with E-state index in [4.69, 9.17) is 10.2 Å². The summed E-state index contributed by atoms with van der Waals surface area (Å²) in [7, 11) is 0. The highest BCUT2D eigenvalue weighted by Gasteiger charge is 2.20. The predicted octanol–water partition coefficient (Wildman–Crippen LogP) is 3.11. The third-order valence-corrected chi connectivity index (χ3v) is 3.43. The molecule has 4 heteroatoms. The molecule has 0 aliphatic rings. The van der Waals surface area contributed by atoms with E-state index in [9.17, 15) is 0 Å². The number of furan rings is 1. The zero-order valence-corrected chi connectivity index (χ0v) is 11.3. The minimum Gasteiger partial charge on any atom is -0.464 e. The number of hydrogen-bond acceptors (Lipinski definition) is 4. The van der Waals surface area contributed by atoms with E-state index >= 15 is 0 Å². The summed E-state index contributed by atoms with van der Waals surface area (Å²) >= 11 is 0. The summed E-state index contributed by atoms with van der Waals surface area (Å²) < 4.78 is 5.64. The molecule has 0 aliphatic carbocycles. The van der Waals surface area contributed by atoms with Crippen molar-refractivity contribution in [2.75, 3.05) is 12.3 Å². The van der Waals surface area contributed by atoms with Gasteiger partial charge in [0.1, 0.15) is 5.58 Å². The number of anilines is 1.